The molecule has 0 saturated carbocycles. The molecule has 1 fully saturated rings. The molecular formula is C14H16ClNO4. The standard InChI is InChI=1S/C14H16ClNO4/c15-10-5-3-9(4-6-10)11(8-13(17)18)16-14(19)12-2-1-7-20-12/h3-6,11-12H,1-2,7-8H2,(H,16,19)(H,17,18)/t11-,12-/m1/s1. The highest BCUT2D eigenvalue weighted by atomic mass is 35.5. The Bertz CT molecular complexity index is 482. The fourth-order valence-corrected chi connectivity index (χ4v) is 2.30. The molecule has 1 heterocycles. The average molecular weight is 298 g/mol. The molecule has 2 atom stereocenters. The van der Waals surface area contributed by atoms with E-state index in [1.165, 1.54) is 0 Å². The van der Waals surface area contributed by atoms with Gasteiger partial charge in [0.1, 0.15) is 6.10 Å². The zero-order valence-electron chi connectivity index (χ0n) is 10.8. The summed E-state index contributed by atoms with van der Waals surface area (Å²) in [5.41, 5.74) is 0.711. The van der Waals surface area contributed by atoms with Crippen molar-refractivity contribution < 1.29 is 19.4 Å². The molecule has 108 valence electrons. The lowest BCUT2D eigenvalue weighted by atomic mass is 10.0. The highest BCUT2D eigenvalue weighted by Gasteiger charge is 2.27. The van der Waals surface area contributed by atoms with Crippen LogP contribution in [0.25, 0.3) is 0 Å². The van der Waals surface area contributed by atoms with Gasteiger partial charge in [0.05, 0.1) is 12.5 Å². The zero-order chi connectivity index (χ0) is 14.5. The maximum Gasteiger partial charge on any atom is 0.305 e. The number of hydrogen-bond acceptors (Lipinski definition) is 3. The van der Waals surface area contributed by atoms with Gasteiger partial charge in [0.2, 0.25) is 5.91 Å². The van der Waals surface area contributed by atoms with E-state index in [1.807, 2.05) is 0 Å². The first kappa shape index (κ1) is 14.8. The maximum atomic E-state index is 12.0. The first-order chi connectivity index (χ1) is 9.56. The molecule has 5 nitrogen and oxygen atoms in total. The summed E-state index contributed by atoms with van der Waals surface area (Å²) in [6.07, 6.45) is 0.869. The number of aliphatic carboxylic acids is 1. The number of rotatable bonds is 5. The molecule has 0 bridgehead atoms. The fraction of sp³-hybridized carbons (Fsp3) is 0.429. The molecular weight excluding hydrogens is 282 g/mol. The van der Waals surface area contributed by atoms with Crippen LogP contribution in [0.5, 0.6) is 0 Å². The van der Waals surface area contributed by atoms with Crippen molar-refractivity contribution in [2.24, 2.45) is 0 Å². The van der Waals surface area contributed by atoms with E-state index in [-0.39, 0.29) is 12.3 Å². The molecule has 2 N–H and O–H groups in total. The van der Waals surface area contributed by atoms with Crippen LogP contribution in [0.1, 0.15) is 30.9 Å². The van der Waals surface area contributed by atoms with Crippen LogP contribution in [0.3, 0.4) is 0 Å². The minimum absolute atomic E-state index is 0.180. The number of ether oxygens (including phenoxy) is 1. The van der Waals surface area contributed by atoms with E-state index in [2.05, 4.69) is 5.32 Å². The average Bonchev–Trinajstić information content (AvgIpc) is 2.92. The molecule has 0 aliphatic carbocycles. The third-order valence-electron chi connectivity index (χ3n) is 3.19. The number of carboxylic acids is 1. The first-order valence-corrected chi connectivity index (χ1v) is 6.83. The number of halogens is 1. The predicted octanol–water partition coefficient (Wildman–Crippen LogP) is 2.15. The van der Waals surface area contributed by atoms with Gasteiger partial charge in [-0.15, -0.1) is 0 Å². The van der Waals surface area contributed by atoms with Crippen molar-refractivity contribution in [3.05, 3.63) is 34.9 Å². The molecule has 1 aliphatic rings. The Hall–Kier alpha value is -1.59. The summed E-state index contributed by atoms with van der Waals surface area (Å²) >= 11 is 5.81. The molecule has 20 heavy (non-hydrogen) atoms. The van der Waals surface area contributed by atoms with Gasteiger partial charge in [-0.2, -0.15) is 0 Å². The minimum Gasteiger partial charge on any atom is -0.481 e. The van der Waals surface area contributed by atoms with E-state index in [9.17, 15) is 9.59 Å². The largest absolute Gasteiger partial charge is 0.481 e. The number of carbonyl (C=O) groups excluding carboxylic acids is 1. The smallest absolute Gasteiger partial charge is 0.305 e. The van der Waals surface area contributed by atoms with Gasteiger partial charge in [0, 0.05) is 11.6 Å². The van der Waals surface area contributed by atoms with Crippen molar-refractivity contribution in [2.75, 3.05) is 6.61 Å². The van der Waals surface area contributed by atoms with E-state index in [4.69, 9.17) is 21.4 Å². The lowest BCUT2D eigenvalue weighted by molar-refractivity contribution is -0.138. The van der Waals surface area contributed by atoms with Gasteiger partial charge < -0.3 is 15.2 Å². The molecule has 0 radical (unpaired) electrons. The Kier molecular flexibility index (Phi) is 4.98. The van der Waals surface area contributed by atoms with Crippen molar-refractivity contribution in [3.63, 3.8) is 0 Å². The molecule has 1 aromatic carbocycles. The third-order valence-corrected chi connectivity index (χ3v) is 3.44. The van der Waals surface area contributed by atoms with Crippen LogP contribution in [0.4, 0.5) is 0 Å². The summed E-state index contributed by atoms with van der Waals surface area (Å²) in [7, 11) is 0. The summed E-state index contributed by atoms with van der Waals surface area (Å²) in [5.74, 6) is -1.23. The summed E-state index contributed by atoms with van der Waals surface area (Å²) in [6.45, 7) is 0.572. The van der Waals surface area contributed by atoms with E-state index in [0.717, 1.165) is 6.42 Å². The Morgan fingerprint density at radius 3 is 2.65 bits per heavy atom. The van der Waals surface area contributed by atoms with Gasteiger partial charge in [-0.05, 0) is 30.5 Å². The first-order valence-electron chi connectivity index (χ1n) is 6.45. The van der Waals surface area contributed by atoms with Crippen LogP contribution in [0, 0.1) is 0 Å². The van der Waals surface area contributed by atoms with Gasteiger partial charge in [0.25, 0.3) is 0 Å². The molecule has 1 amide bonds. The van der Waals surface area contributed by atoms with E-state index >= 15 is 0 Å². The summed E-state index contributed by atoms with van der Waals surface area (Å²) < 4.78 is 5.30. The Labute approximate surface area is 121 Å². The molecule has 1 saturated heterocycles. The number of amides is 1. The topological polar surface area (TPSA) is 75.6 Å². The highest BCUT2D eigenvalue weighted by Crippen LogP contribution is 2.21. The van der Waals surface area contributed by atoms with Crippen molar-refractivity contribution >= 4 is 23.5 Å². The number of benzene rings is 1. The van der Waals surface area contributed by atoms with Crippen molar-refractivity contribution in [1.82, 2.24) is 5.32 Å². The second-order valence-corrected chi connectivity index (χ2v) is 5.15. The van der Waals surface area contributed by atoms with Crippen LogP contribution >= 0.6 is 11.6 Å². The van der Waals surface area contributed by atoms with Crippen molar-refractivity contribution in [3.8, 4) is 0 Å². The molecule has 1 aromatic rings. The second kappa shape index (κ2) is 6.72. The van der Waals surface area contributed by atoms with Crippen LogP contribution < -0.4 is 5.32 Å². The van der Waals surface area contributed by atoms with E-state index in [1.54, 1.807) is 24.3 Å². The lowest BCUT2D eigenvalue weighted by Gasteiger charge is -2.19. The monoisotopic (exact) mass is 297 g/mol. The predicted molar refractivity (Wildman–Crippen MR) is 73.6 cm³/mol. The normalized spacial score (nSPS) is 19.6. The number of hydrogen-bond donors (Lipinski definition) is 2. The zero-order valence-corrected chi connectivity index (χ0v) is 11.6. The molecule has 0 spiro atoms. The molecule has 0 aromatic heterocycles. The fourth-order valence-electron chi connectivity index (χ4n) is 2.17. The summed E-state index contributed by atoms with van der Waals surface area (Å²) in [6, 6.07) is 6.19. The van der Waals surface area contributed by atoms with Crippen LogP contribution in [0.15, 0.2) is 24.3 Å². The molecule has 2 rings (SSSR count). The molecule has 1 aliphatic heterocycles. The van der Waals surface area contributed by atoms with E-state index in [0.29, 0.717) is 23.6 Å². The summed E-state index contributed by atoms with van der Waals surface area (Å²) in [5, 5.41) is 12.3. The Balaban J connectivity index is 2.08. The van der Waals surface area contributed by atoms with Crippen LogP contribution in [-0.4, -0.2) is 29.7 Å². The number of nitrogens with one attached hydrogen (secondary N) is 1. The minimum atomic E-state index is -0.974. The maximum absolute atomic E-state index is 12.0. The SMILES string of the molecule is O=C(O)C[C@@H](NC(=O)[C@H]1CCCO1)c1ccc(Cl)cc1. The third kappa shape index (κ3) is 3.95. The number of carbonyl (C=O) groups is 2. The van der Waals surface area contributed by atoms with Crippen LogP contribution in [0.2, 0.25) is 5.02 Å². The van der Waals surface area contributed by atoms with Gasteiger partial charge in [0.15, 0.2) is 0 Å². The quantitative estimate of drug-likeness (QED) is 0.873. The van der Waals surface area contributed by atoms with Gasteiger partial charge in [-0.1, -0.05) is 23.7 Å². The van der Waals surface area contributed by atoms with Gasteiger partial charge in [-0.3, -0.25) is 9.59 Å². The van der Waals surface area contributed by atoms with Crippen LogP contribution in [-0.2, 0) is 14.3 Å². The highest BCUT2D eigenvalue weighted by molar-refractivity contribution is 6.30. The number of carboxylic acid groups (broad SMARTS) is 1. The lowest BCUT2D eigenvalue weighted by Crippen LogP contribution is -2.37. The molecule has 0 unspecified atom stereocenters. The van der Waals surface area contributed by atoms with Gasteiger partial charge in [-0.25, -0.2) is 0 Å². The van der Waals surface area contributed by atoms with Crippen molar-refractivity contribution in [1.29, 1.82) is 0 Å². The molecule has 6 heteroatoms. The summed E-state index contributed by atoms with van der Waals surface area (Å²) in [4.78, 5) is 23.0. The second-order valence-electron chi connectivity index (χ2n) is 4.71. The van der Waals surface area contributed by atoms with Crippen molar-refractivity contribution in [2.45, 2.75) is 31.4 Å². The Morgan fingerprint density at radius 2 is 2.10 bits per heavy atom. The van der Waals surface area contributed by atoms with Gasteiger partial charge >= 0.3 is 5.97 Å². The Morgan fingerprint density at radius 1 is 1.40 bits per heavy atom. The van der Waals surface area contributed by atoms with E-state index < -0.39 is 18.1 Å².